The summed E-state index contributed by atoms with van der Waals surface area (Å²) in [6.07, 6.45) is 1.31. The zero-order chi connectivity index (χ0) is 18.4. The lowest BCUT2D eigenvalue weighted by molar-refractivity contribution is -0.131. The molecule has 1 unspecified atom stereocenters. The van der Waals surface area contributed by atoms with Crippen LogP contribution in [-0.2, 0) is 14.6 Å². The van der Waals surface area contributed by atoms with Crippen molar-refractivity contribution in [3.8, 4) is 5.75 Å². The van der Waals surface area contributed by atoms with Crippen molar-refractivity contribution >= 4 is 27.3 Å². The van der Waals surface area contributed by atoms with Crippen LogP contribution in [0.3, 0.4) is 0 Å². The van der Waals surface area contributed by atoms with E-state index in [0.717, 1.165) is 0 Å². The Kier molecular flexibility index (Phi) is 7.10. The second-order valence-electron chi connectivity index (χ2n) is 6.45. The fraction of sp³-hybridized carbons (Fsp3) is 0.588. The third-order valence-electron chi connectivity index (χ3n) is 4.34. The Morgan fingerprint density at radius 3 is 2.76 bits per heavy atom. The van der Waals surface area contributed by atoms with Gasteiger partial charge in [0.15, 0.2) is 9.84 Å². The molecule has 1 aliphatic heterocycles. The van der Waals surface area contributed by atoms with Gasteiger partial charge < -0.3 is 9.64 Å². The van der Waals surface area contributed by atoms with Gasteiger partial charge in [-0.2, -0.15) is 0 Å². The van der Waals surface area contributed by atoms with E-state index >= 15 is 0 Å². The van der Waals surface area contributed by atoms with Crippen molar-refractivity contribution < 1.29 is 17.9 Å². The summed E-state index contributed by atoms with van der Waals surface area (Å²) in [7, 11) is 0.620. The third-order valence-corrected chi connectivity index (χ3v) is 6.33. The molecule has 0 bridgehead atoms. The summed E-state index contributed by atoms with van der Waals surface area (Å²) in [5.41, 5.74) is 0. The number of halogens is 1. The topological polar surface area (TPSA) is 66.9 Å². The molecule has 0 radical (unpaired) electrons. The molecular formula is C17H25ClN2O4S. The first kappa shape index (κ1) is 20.0. The van der Waals surface area contributed by atoms with Crippen LogP contribution in [0, 0.1) is 0 Å². The molecule has 0 aromatic heterocycles. The molecule has 140 valence electrons. The monoisotopic (exact) mass is 388 g/mol. The molecule has 0 spiro atoms. The zero-order valence-corrected chi connectivity index (χ0v) is 16.2. The number of hydrogen-bond donors (Lipinski definition) is 0. The molecule has 0 aliphatic carbocycles. The molecule has 0 N–H and O–H groups in total. The van der Waals surface area contributed by atoms with Gasteiger partial charge in [0.25, 0.3) is 0 Å². The van der Waals surface area contributed by atoms with Gasteiger partial charge >= 0.3 is 0 Å². The molecule has 1 atom stereocenters. The highest BCUT2D eigenvalue weighted by Gasteiger charge is 2.31. The fourth-order valence-electron chi connectivity index (χ4n) is 2.76. The summed E-state index contributed by atoms with van der Waals surface area (Å²) in [5, 5.41) is 0.627. The number of carbonyl (C=O) groups excluding carboxylic acids is 1. The van der Waals surface area contributed by atoms with Gasteiger partial charge in [0.05, 0.1) is 24.7 Å². The van der Waals surface area contributed by atoms with Crippen LogP contribution in [0.1, 0.15) is 12.8 Å². The molecule has 2 rings (SSSR count). The Balaban J connectivity index is 1.68. The van der Waals surface area contributed by atoms with Gasteiger partial charge in [-0.15, -0.1) is 0 Å². The lowest BCUT2D eigenvalue weighted by atomic mass is 10.2. The van der Waals surface area contributed by atoms with Crippen LogP contribution in [0.15, 0.2) is 24.3 Å². The maximum Gasteiger partial charge on any atom is 0.236 e. The van der Waals surface area contributed by atoms with Crippen molar-refractivity contribution in [2.24, 2.45) is 0 Å². The minimum atomic E-state index is -2.94. The third kappa shape index (κ3) is 6.49. The lowest BCUT2D eigenvalue weighted by Crippen LogP contribution is -2.42. The van der Waals surface area contributed by atoms with Crippen molar-refractivity contribution in [1.82, 2.24) is 9.80 Å². The van der Waals surface area contributed by atoms with E-state index < -0.39 is 9.84 Å². The first-order valence-corrected chi connectivity index (χ1v) is 10.5. The number of nitrogens with zero attached hydrogens (tertiary/aromatic N) is 2. The van der Waals surface area contributed by atoms with Gasteiger partial charge in [-0.1, -0.05) is 17.7 Å². The van der Waals surface area contributed by atoms with E-state index in [1.54, 1.807) is 31.1 Å². The first-order chi connectivity index (χ1) is 11.8. The Labute approximate surface area is 154 Å². The van der Waals surface area contributed by atoms with Crippen molar-refractivity contribution in [2.45, 2.75) is 18.9 Å². The number of amides is 1. The normalized spacial score (nSPS) is 19.1. The highest BCUT2D eigenvalue weighted by molar-refractivity contribution is 7.91. The second-order valence-corrected chi connectivity index (χ2v) is 9.11. The molecule has 25 heavy (non-hydrogen) atoms. The standard InChI is InChI=1S/C17H25ClN2O4S/c1-19(8-4-9-24-16-6-3-5-14(18)11-16)17(21)12-20(2)15-7-10-25(22,23)13-15/h3,5-6,11,15H,4,7-10,12-13H2,1-2H3. The fourth-order valence-corrected chi connectivity index (χ4v) is 4.74. The minimum absolute atomic E-state index is 0.0189. The van der Waals surface area contributed by atoms with E-state index in [1.807, 2.05) is 17.0 Å². The quantitative estimate of drug-likeness (QED) is 0.634. The maximum absolute atomic E-state index is 12.3. The Morgan fingerprint density at radius 2 is 2.12 bits per heavy atom. The largest absolute Gasteiger partial charge is 0.493 e. The average molecular weight is 389 g/mol. The SMILES string of the molecule is CN(CCCOc1cccc(Cl)c1)C(=O)CN(C)C1CCS(=O)(=O)C1. The molecule has 1 aromatic carbocycles. The van der Waals surface area contributed by atoms with Crippen molar-refractivity contribution in [1.29, 1.82) is 0 Å². The Hall–Kier alpha value is -1.31. The Morgan fingerprint density at radius 1 is 1.36 bits per heavy atom. The highest BCUT2D eigenvalue weighted by Crippen LogP contribution is 2.17. The molecule has 1 aliphatic rings. The molecular weight excluding hydrogens is 364 g/mol. The number of benzene rings is 1. The Bertz CT molecular complexity index is 696. The van der Waals surface area contributed by atoms with E-state index in [1.165, 1.54) is 0 Å². The molecule has 6 nitrogen and oxygen atoms in total. The number of hydrogen-bond acceptors (Lipinski definition) is 5. The number of ether oxygens (including phenoxy) is 1. The van der Waals surface area contributed by atoms with Crippen LogP contribution >= 0.6 is 11.6 Å². The smallest absolute Gasteiger partial charge is 0.236 e. The molecule has 1 amide bonds. The van der Waals surface area contributed by atoms with Gasteiger partial charge in [-0.25, -0.2) is 8.42 Å². The van der Waals surface area contributed by atoms with Crippen molar-refractivity contribution in [3.63, 3.8) is 0 Å². The zero-order valence-electron chi connectivity index (χ0n) is 14.7. The van der Waals surface area contributed by atoms with Gasteiger partial charge in [0, 0.05) is 24.7 Å². The van der Waals surface area contributed by atoms with Crippen LogP contribution in [0.5, 0.6) is 5.75 Å². The number of rotatable bonds is 8. The molecule has 1 saturated heterocycles. The van der Waals surface area contributed by atoms with Crippen LogP contribution < -0.4 is 4.74 Å². The number of sulfone groups is 1. The summed E-state index contributed by atoms with van der Waals surface area (Å²) >= 11 is 5.89. The van der Waals surface area contributed by atoms with E-state index in [-0.39, 0.29) is 30.0 Å². The van der Waals surface area contributed by atoms with E-state index in [9.17, 15) is 13.2 Å². The highest BCUT2D eigenvalue weighted by atomic mass is 35.5. The summed E-state index contributed by atoms with van der Waals surface area (Å²) < 4.78 is 28.7. The summed E-state index contributed by atoms with van der Waals surface area (Å²) in [6.45, 7) is 1.30. The number of carbonyl (C=O) groups is 1. The molecule has 1 aromatic rings. The first-order valence-electron chi connectivity index (χ1n) is 8.30. The van der Waals surface area contributed by atoms with Crippen LogP contribution in [0.4, 0.5) is 0 Å². The van der Waals surface area contributed by atoms with Crippen molar-refractivity contribution in [2.75, 3.05) is 45.3 Å². The van der Waals surface area contributed by atoms with Crippen LogP contribution in [0.2, 0.25) is 5.02 Å². The predicted octanol–water partition coefficient (Wildman–Crippen LogP) is 1.69. The van der Waals surface area contributed by atoms with Crippen molar-refractivity contribution in [3.05, 3.63) is 29.3 Å². The van der Waals surface area contributed by atoms with Gasteiger partial charge in [-0.3, -0.25) is 9.69 Å². The van der Waals surface area contributed by atoms with Gasteiger partial charge in [0.1, 0.15) is 5.75 Å². The van der Waals surface area contributed by atoms with E-state index in [0.29, 0.717) is 36.8 Å². The predicted molar refractivity (Wildman–Crippen MR) is 98.9 cm³/mol. The molecule has 1 fully saturated rings. The summed E-state index contributed by atoms with van der Waals surface area (Å²) in [5.74, 6) is 1.05. The van der Waals surface area contributed by atoms with Crippen LogP contribution in [-0.4, -0.2) is 75.5 Å². The summed E-state index contributed by atoms with van der Waals surface area (Å²) in [4.78, 5) is 15.8. The van der Waals surface area contributed by atoms with Crippen LogP contribution in [0.25, 0.3) is 0 Å². The number of likely N-dealkylation sites (N-methyl/N-ethyl adjacent to an activating group) is 2. The van der Waals surface area contributed by atoms with Gasteiger partial charge in [0.2, 0.25) is 5.91 Å². The van der Waals surface area contributed by atoms with E-state index in [2.05, 4.69) is 0 Å². The van der Waals surface area contributed by atoms with Gasteiger partial charge in [-0.05, 0) is 38.1 Å². The molecule has 8 heteroatoms. The second kappa shape index (κ2) is 8.87. The molecule has 0 saturated carbocycles. The summed E-state index contributed by atoms with van der Waals surface area (Å²) in [6, 6.07) is 7.14. The average Bonchev–Trinajstić information content (AvgIpc) is 2.91. The maximum atomic E-state index is 12.3. The minimum Gasteiger partial charge on any atom is -0.493 e. The van der Waals surface area contributed by atoms with E-state index in [4.69, 9.17) is 16.3 Å². The lowest BCUT2D eigenvalue weighted by Gasteiger charge is -2.25. The molecule has 1 heterocycles.